The molecule has 0 aromatic heterocycles. The summed E-state index contributed by atoms with van der Waals surface area (Å²) in [4.78, 5) is 11.5. The van der Waals surface area contributed by atoms with Crippen LogP contribution in [0, 0.1) is 5.92 Å². The van der Waals surface area contributed by atoms with Crippen LogP contribution in [0.3, 0.4) is 0 Å². The number of halogens is 1. The van der Waals surface area contributed by atoms with E-state index >= 15 is 0 Å². The van der Waals surface area contributed by atoms with Crippen LogP contribution in [0.5, 0.6) is 0 Å². The van der Waals surface area contributed by atoms with Gasteiger partial charge in [-0.15, -0.1) is 11.6 Å². The molecule has 0 spiro atoms. The molecule has 0 saturated carbocycles. The zero-order valence-electron chi connectivity index (χ0n) is 8.59. The van der Waals surface area contributed by atoms with Crippen LogP contribution in [0.15, 0.2) is 0 Å². The normalized spacial score (nSPS) is 23.4. The summed E-state index contributed by atoms with van der Waals surface area (Å²) in [5.74, 6) is 1.12. The molecule has 82 valence electrons. The minimum Gasteiger partial charge on any atom is -0.368 e. The third-order valence-electron chi connectivity index (χ3n) is 2.45. The van der Waals surface area contributed by atoms with Crippen molar-refractivity contribution >= 4 is 17.5 Å². The topological polar surface area (TPSA) is 38.3 Å². The van der Waals surface area contributed by atoms with Gasteiger partial charge in [0, 0.05) is 19.0 Å². The largest absolute Gasteiger partial charge is 0.368 e. The van der Waals surface area contributed by atoms with Crippen molar-refractivity contribution in [1.29, 1.82) is 0 Å². The van der Waals surface area contributed by atoms with Gasteiger partial charge in [-0.1, -0.05) is 6.92 Å². The summed E-state index contributed by atoms with van der Waals surface area (Å²) < 4.78 is 5.27. The van der Waals surface area contributed by atoms with Gasteiger partial charge in [0.1, 0.15) is 6.10 Å². The molecule has 1 amide bonds. The van der Waals surface area contributed by atoms with E-state index in [1.54, 1.807) is 0 Å². The first kappa shape index (κ1) is 11.8. The van der Waals surface area contributed by atoms with Gasteiger partial charge in [0.15, 0.2) is 0 Å². The molecule has 1 rings (SSSR count). The molecular weight excluding hydrogens is 202 g/mol. The molecular formula is C10H18ClNO2. The van der Waals surface area contributed by atoms with Gasteiger partial charge < -0.3 is 10.1 Å². The highest BCUT2D eigenvalue weighted by atomic mass is 35.5. The summed E-state index contributed by atoms with van der Waals surface area (Å²) in [6.45, 7) is 3.50. The maximum Gasteiger partial charge on any atom is 0.249 e. The second-order valence-electron chi connectivity index (χ2n) is 3.83. The molecule has 0 radical (unpaired) electrons. The lowest BCUT2D eigenvalue weighted by Crippen LogP contribution is -2.36. The van der Waals surface area contributed by atoms with E-state index in [0.29, 0.717) is 18.3 Å². The molecule has 14 heavy (non-hydrogen) atoms. The quantitative estimate of drug-likeness (QED) is 0.713. The Balaban J connectivity index is 2.13. The molecule has 1 N–H and O–H groups in total. The Bertz CT molecular complexity index is 181. The number of ether oxygens (including phenoxy) is 1. The van der Waals surface area contributed by atoms with Crippen molar-refractivity contribution in [3.05, 3.63) is 0 Å². The van der Waals surface area contributed by atoms with Crippen LogP contribution >= 0.6 is 11.6 Å². The summed E-state index contributed by atoms with van der Waals surface area (Å²) in [6.07, 6.45) is 2.58. The smallest absolute Gasteiger partial charge is 0.249 e. The van der Waals surface area contributed by atoms with Gasteiger partial charge in [-0.05, 0) is 25.2 Å². The maximum absolute atomic E-state index is 11.5. The van der Waals surface area contributed by atoms with Gasteiger partial charge in [-0.25, -0.2) is 0 Å². The number of alkyl halides is 1. The number of carbonyl (C=O) groups is 1. The lowest BCUT2D eigenvalue weighted by Gasteiger charge is -2.13. The van der Waals surface area contributed by atoms with Crippen LogP contribution in [0.4, 0.5) is 0 Å². The van der Waals surface area contributed by atoms with E-state index in [4.69, 9.17) is 16.3 Å². The molecule has 0 aromatic rings. The summed E-state index contributed by atoms with van der Waals surface area (Å²) >= 11 is 5.60. The van der Waals surface area contributed by atoms with Crippen LogP contribution in [-0.4, -0.2) is 31.0 Å². The number of nitrogens with one attached hydrogen (secondary N) is 1. The average molecular weight is 220 g/mol. The van der Waals surface area contributed by atoms with Crippen LogP contribution in [0.2, 0.25) is 0 Å². The average Bonchev–Trinajstić information content (AvgIpc) is 2.67. The number of rotatable bonds is 5. The number of carbonyl (C=O) groups excluding carboxylic acids is 1. The first-order valence-corrected chi connectivity index (χ1v) is 5.72. The van der Waals surface area contributed by atoms with Gasteiger partial charge in [0.2, 0.25) is 5.91 Å². The zero-order chi connectivity index (χ0) is 10.4. The Morgan fingerprint density at radius 1 is 1.71 bits per heavy atom. The lowest BCUT2D eigenvalue weighted by atomic mass is 10.1. The molecule has 4 heteroatoms. The van der Waals surface area contributed by atoms with Crippen LogP contribution in [0.1, 0.15) is 26.2 Å². The van der Waals surface area contributed by atoms with E-state index in [0.717, 1.165) is 25.9 Å². The Hall–Kier alpha value is -0.280. The maximum atomic E-state index is 11.5. The van der Waals surface area contributed by atoms with Crippen molar-refractivity contribution < 1.29 is 9.53 Å². The van der Waals surface area contributed by atoms with E-state index in [2.05, 4.69) is 12.2 Å². The number of hydrogen-bond acceptors (Lipinski definition) is 2. The van der Waals surface area contributed by atoms with Gasteiger partial charge >= 0.3 is 0 Å². The molecule has 0 bridgehead atoms. The molecule has 1 fully saturated rings. The van der Waals surface area contributed by atoms with Crippen molar-refractivity contribution in [2.24, 2.45) is 5.92 Å². The Morgan fingerprint density at radius 3 is 3.07 bits per heavy atom. The fourth-order valence-electron chi connectivity index (χ4n) is 1.46. The van der Waals surface area contributed by atoms with E-state index in [1.807, 2.05) is 0 Å². The van der Waals surface area contributed by atoms with E-state index in [-0.39, 0.29) is 12.0 Å². The molecule has 3 nitrogen and oxygen atoms in total. The summed E-state index contributed by atoms with van der Waals surface area (Å²) in [7, 11) is 0. The van der Waals surface area contributed by atoms with Crippen LogP contribution in [-0.2, 0) is 9.53 Å². The molecule has 0 aliphatic carbocycles. The standard InChI is InChI=1S/C10H18ClNO2/c1-8(4-5-11)7-12-10(13)9-3-2-6-14-9/h8-9H,2-7H2,1H3,(H,12,13). The second-order valence-corrected chi connectivity index (χ2v) is 4.21. The van der Waals surface area contributed by atoms with Crippen molar-refractivity contribution in [2.75, 3.05) is 19.0 Å². The van der Waals surface area contributed by atoms with Crippen LogP contribution < -0.4 is 5.32 Å². The zero-order valence-corrected chi connectivity index (χ0v) is 9.35. The number of hydrogen-bond donors (Lipinski definition) is 1. The lowest BCUT2D eigenvalue weighted by molar-refractivity contribution is -0.130. The monoisotopic (exact) mass is 219 g/mol. The molecule has 0 aromatic carbocycles. The van der Waals surface area contributed by atoms with Crippen molar-refractivity contribution in [3.63, 3.8) is 0 Å². The van der Waals surface area contributed by atoms with Gasteiger partial charge in [0.05, 0.1) is 0 Å². The Labute approximate surface area is 90.1 Å². The first-order chi connectivity index (χ1) is 6.74. The minimum atomic E-state index is -0.210. The minimum absolute atomic E-state index is 0.0314. The van der Waals surface area contributed by atoms with E-state index < -0.39 is 0 Å². The third kappa shape index (κ3) is 3.84. The fraction of sp³-hybridized carbons (Fsp3) is 0.900. The highest BCUT2D eigenvalue weighted by molar-refractivity contribution is 6.17. The van der Waals surface area contributed by atoms with Gasteiger partial charge in [-0.3, -0.25) is 4.79 Å². The summed E-state index contributed by atoms with van der Waals surface area (Å²) in [5.41, 5.74) is 0. The highest BCUT2D eigenvalue weighted by Crippen LogP contribution is 2.12. The molecule has 1 saturated heterocycles. The first-order valence-electron chi connectivity index (χ1n) is 5.19. The molecule has 2 unspecified atom stereocenters. The SMILES string of the molecule is CC(CCCl)CNC(=O)C1CCCO1. The Kier molecular flexibility index (Phi) is 5.26. The van der Waals surface area contributed by atoms with E-state index in [9.17, 15) is 4.79 Å². The van der Waals surface area contributed by atoms with Crippen molar-refractivity contribution in [2.45, 2.75) is 32.3 Å². The predicted octanol–water partition coefficient (Wildman–Crippen LogP) is 1.55. The third-order valence-corrected chi connectivity index (χ3v) is 2.67. The molecule has 2 atom stereocenters. The van der Waals surface area contributed by atoms with Crippen molar-refractivity contribution in [3.8, 4) is 0 Å². The van der Waals surface area contributed by atoms with Crippen LogP contribution in [0.25, 0.3) is 0 Å². The highest BCUT2D eigenvalue weighted by Gasteiger charge is 2.23. The van der Waals surface area contributed by atoms with Gasteiger partial charge in [-0.2, -0.15) is 0 Å². The summed E-state index contributed by atoms with van der Waals surface area (Å²) in [6, 6.07) is 0. The Morgan fingerprint density at radius 2 is 2.50 bits per heavy atom. The summed E-state index contributed by atoms with van der Waals surface area (Å²) in [5, 5.41) is 2.89. The fourth-order valence-corrected chi connectivity index (χ4v) is 1.83. The van der Waals surface area contributed by atoms with Crippen molar-refractivity contribution in [1.82, 2.24) is 5.32 Å². The molecule has 1 aliphatic rings. The molecule has 1 heterocycles. The number of amides is 1. The van der Waals surface area contributed by atoms with E-state index in [1.165, 1.54) is 0 Å². The predicted molar refractivity (Wildman–Crippen MR) is 56.5 cm³/mol. The molecule has 1 aliphatic heterocycles. The van der Waals surface area contributed by atoms with Gasteiger partial charge in [0.25, 0.3) is 0 Å². The second kappa shape index (κ2) is 6.25.